The Bertz CT molecular complexity index is 851. The Labute approximate surface area is 170 Å². The van der Waals surface area contributed by atoms with Gasteiger partial charge in [-0.1, -0.05) is 26.0 Å². The van der Waals surface area contributed by atoms with Gasteiger partial charge in [-0.05, 0) is 44.0 Å². The highest BCUT2D eigenvalue weighted by Gasteiger charge is 2.45. The molecule has 0 bridgehead atoms. The highest BCUT2D eigenvalue weighted by atomic mass is 16.2. The number of nitrogens with zero attached hydrogens (tertiary/aromatic N) is 2. The van der Waals surface area contributed by atoms with E-state index in [0.717, 1.165) is 23.4 Å². The predicted molar refractivity (Wildman–Crippen MR) is 107 cm³/mol. The van der Waals surface area contributed by atoms with Crippen molar-refractivity contribution in [3.8, 4) is 0 Å². The van der Waals surface area contributed by atoms with Crippen molar-refractivity contribution in [2.75, 3.05) is 13.6 Å². The summed E-state index contributed by atoms with van der Waals surface area (Å²) in [6.45, 7) is 5.43. The highest BCUT2D eigenvalue weighted by Crippen LogP contribution is 2.30. The molecule has 2 atom stereocenters. The average molecular weight is 400 g/mol. The van der Waals surface area contributed by atoms with Crippen LogP contribution in [0.15, 0.2) is 18.2 Å². The number of carbonyl (C=O) groups excluding carboxylic acids is 4. The summed E-state index contributed by atoms with van der Waals surface area (Å²) >= 11 is 0. The van der Waals surface area contributed by atoms with E-state index in [0.29, 0.717) is 23.6 Å². The summed E-state index contributed by atoms with van der Waals surface area (Å²) < 4.78 is 0. The zero-order chi connectivity index (χ0) is 21.3. The van der Waals surface area contributed by atoms with E-state index in [9.17, 15) is 19.2 Å². The molecule has 0 aromatic heterocycles. The number of nitrogens with two attached hydrogens (primary N) is 1. The number of piperidine rings is 1. The minimum absolute atomic E-state index is 0.102. The maximum atomic E-state index is 13.1. The van der Waals surface area contributed by atoms with E-state index in [2.05, 4.69) is 24.1 Å². The van der Waals surface area contributed by atoms with Gasteiger partial charge in [0, 0.05) is 19.0 Å². The second-order valence-electron chi connectivity index (χ2n) is 8.22. The SMILES string of the molecule is CC(C)C(N)CCN(C)Cc1cccc2c1C(=O)N(C1CCC(=O)NC1=O)C2=O. The van der Waals surface area contributed by atoms with Crippen LogP contribution in [0.2, 0.25) is 0 Å². The number of carbonyl (C=O) groups is 4. The van der Waals surface area contributed by atoms with Crippen LogP contribution in [-0.4, -0.2) is 59.1 Å². The molecule has 0 saturated carbocycles. The van der Waals surface area contributed by atoms with Gasteiger partial charge in [0.15, 0.2) is 0 Å². The standard InChI is InChI=1S/C21H28N4O4/c1-12(2)15(22)9-10-24(3)11-13-5-4-6-14-18(13)21(29)25(20(14)28)16-7-8-17(26)23-19(16)27/h4-6,12,15-16H,7-11,22H2,1-3H3,(H,23,26,27). The van der Waals surface area contributed by atoms with Crippen LogP contribution >= 0.6 is 0 Å². The molecular formula is C21H28N4O4. The largest absolute Gasteiger partial charge is 0.327 e. The molecule has 4 amide bonds. The maximum Gasteiger partial charge on any atom is 0.262 e. The molecule has 3 N–H and O–H groups in total. The first kappa shape index (κ1) is 21.1. The van der Waals surface area contributed by atoms with E-state index >= 15 is 0 Å². The van der Waals surface area contributed by atoms with Crippen molar-refractivity contribution in [2.24, 2.45) is 11.7 Å². The molecule has 8 nitrogen and oxygen atoms in total. The van der Waals surface area contributed by atoms with E-state index in [1.165, 1.54) is 0 Å². The monoisotopic (exact) mass is 400 g/mol. The molecule has 0 spiro atoms. The van der Waals surface area contributed by atoms with Gasteiger partial charge in [0.25, 0.3) is 11.8 Å². The van der Waals surface area contributed by atoms with Crippen molar-refractivity contribution >= 4 is 23.6 Å². The van der Waals surface area contributed by atoms with E-state index in [1.807, 2.05) is 13.1 Å². The summed E-state index contributed by atoms with van der Waals surface area (Å²) in [7, 11) is 1.95. The minimum Gasteiger partial charge on any atom is -0.327 e. The number of hydrogen-bond acceptors (Lipinski definition) is 6. The molecule has 156 valence electrons. The molecule has 1 saturated heterocycles. The van der Waals surface area contributed by atoms with Crippen LogP contribution in [0.5, 0.6) is 0 Å². The molecule has 2 aliphatic heterocycles. The van der Waals surface area contributed by atoms with E-state index < -0.39 is 23.8 Å². The van der Waals surface area contributed by atoms with Crippen LogP contribution in [0.4, 0.5) is 0 Å². The fourth-order valence-corrected chi connectivity index (χ4v) is 3.79. The number of rotatable bonds is 7. The minimum atomic E-state index is -0.949. The van der Waals surface area contributed by atoms with Gasteiger partial charge in [0.1, 0.15) is 6.04 Å². The normalized spacial score (nSPS) is 20.5. The van der Waals surface area contributed by atoms with Crippen LogP contribution in [0.1, 0.15) is 59.4 Å². The van der Waals surface area contributed by atoms with Crippen molar-refractivity contribution in [3.05, 3.63) is 34.9 Å². The summed E-state index contributed by atoms with van der Waals surface area (Å²) in [5.74, 6) is -1.54. The molecule has 3 rings (SSSR count). The Hall–Kier alpha value is -2.58. The molecule has 1 aromatic carbocycles. The van der Waals surface area contributed by atoms with Crippen molar-refractivity contribution in [1.29, 1.82) is 0 Å². The third-order valence-electron chi connectivity index (χ3n) is 5.70. The Kier molecular flexibility index (Phi) is 6.14. The number of imide groups is 2. The quantitative estimate of drug-likeness (QED) is 0.658. The summed E-state index contributed by atoms with van der Waals surface area (Å²) in [5, 5.41) is 2.21. The lowest BCUT2D eigenvalue weighted by molar-refractivity contribution is -0.136. The summed E-state index contributed by atoms with van der Waals surface area (Å²) in [5.41, 5.74) is 7.52. The molecule has 0 radical (unpaired) electrons. The van der Waals surface area contributed by atoms with Gasteiger partial charge in [0.2, 0.25) is 11.8 Å². The van der Waals surface area contributed by atoms with Crippen molar-refractivity contribution < 1.29 is 19.2 Å². The Morgan fingerprint density at radius 1 is 1.21 bits per heavy atom. The van der Waals surface area contributed by atoms with Crippen LogP contribution in [-0.2, 0) is 16.1 Å². The molecule has 2 aliphatic rings. The summed E-state index contributed by atoms with van der Waals surface area (Å²) in [6.07, 6.45) is 1.09. The van der Waals surface area contributed by atoms with E-state index in [-0.39, 0.29) is 24.8 Å². The highest BCUT2D eigenvalue weighted by molar-refractivity contribution is 6.24. The number of amides is 4. The third kappa shape index (κ3) is 4.23. The van der Waals surface area contributed by atoms with Crippen LogP contribution in [0, 0.1) is 5.92 Å². The van der Waals surface area contributed by atoms with Gasteiger partial charge in [-0.3, -0.25) is 29.4 Å². The molecule has 0 aliphatic carbocycles. The van der Waals surface area contributed by atoms with Crippen LogP contribution in [0.3, 0.4) is 0 Å². The lowest BCUT2D eigenvalue weighted by atomic mass is 10.0. The number of benzene rings is 1. The maximum absolute atomic E-state index is 13.1. The third-order valence-corrected chi connectivity index (χ3v) is 5.70. The zero-order valence-corrected chi connectivity index (χ0v) is 17.1. The predicted octanol–water partition coefficient (Wildman–Crippen LogP) is 0.893. The number of fused-ring (bicyclic) bond motifs is 1. The molecule has 29 heavy (non-hydrogen) atoms. The van der Waals surface area contributed by atoms with Crippen LogP contribution < -0.4 is 11.1 Å². The van der Waals surface area contributed by atoms with Gasteiger partial charge in [-0.25, -0.2) is 0 Å². The Morgan fingerprint density at radius 3 is 2.59 bits per heavy atom. The second-order valence-corrected chi connectivity index (χ2v) is 8.22. The molecule has 2 unspecified atom stereocenters. The lowest BCUT2D eigenvalue weighted by Crippen LogP contribution is -2.54. The van der Waals surface area contributed by atoms with Crippen molar-refractivity contribution in [2.45, 2.75) is 51.7 Å². The fourth-order valence-electron chi connectivity index (χ4n) is 3.79. The van der Waals surface area contributed by atoms with Gasteiger partial charge >= 0.3 is 0 Å². The fraction of sp³-hybridized carbons (Fsp3) is 0.524. The molecule has 8 heteroatoms. The lowest BCUT2D eigenvalue weighted by Gasteiger charge is -2.28. The second kappa shape index (κ2) is 8.42. The Balaban J connectivity index is 1.78. The van der Waals surface area contributed by atoms with Gasteiger partial charge < -0.3 is 10.6 Å². The van der Waals surface area contributed by atoms with Gasteiger partial charge in [-0.2, -0.15) is 0 Å². The van der Waals surface area contributed by atoms with Crippen molar-refractivity contribution in [3.63, 3.8) is 0 Å². The average Bonchev–Trinajstić information content (AvgIpc) is 2.91. The zero-order valence-electron chi connectivity index (χ0n) is 17.1. The van der Waals surface area contributed by atoms with Gasteiger partial charge in [-0.15, -0.1) is 0 Å². The first-order chi connectivity index (χ1) is 13.7. The first-order valence-corrected chi connectivity index (χ1v) is 9.98. The number of hydrogen-bond donors (Lipinski definition) is 2. The summed E-state index contributed by atoms with van der Waals surface area (Å²) in [6, 6.07) is 4.34. The molecule has 1 aromatic rings. The number of nitrogens with one attached hydrogen (secondary N) is 1. The first-order valence-electron chi connectivity index (χ1n) is 9.98. The van der Waals surface area contributed by atoms with Crippen molar-refractivity contribution in [1.82, 2.24) is 15.1 Å². The van der Waals surface area contributed by atoms with Crippen LogP contribution in [0.25, 0.3) is 0 Å². The molecular weight excluding hydrogens is 372 g/mol. The Morgan fingerprint density at radius 2 is 1.93 bits per heavy atom. The molecule has 2 heterocycles. The smallest absolute Gasteiger partial charge is 0.262 e. The topological polar surface area (TPSA) is 113 Å². The summed E-state index contributed by atoms with van der Waals surface area (Å²) in [4.78, 5) is 52.7. The van der Waals surface area contributed by atoms with E-state index in [1.54, 1.807) is 12.1 Å². The molecule has 1 fully saturated rings. The van der Waals surface area contributed by atoms with Gasteiger partial charge in [0.05, 0.1) is 11.1 Å². The van der Waals surface area contributed by atoms with E-state index in [4.69, 9.17) is 5.73 Å².